The molecule has 0 rings (SSSR count). The molecule has 0 aromatic heterocycles. The second-order valence-corrected chi connectivity index (χ2v) is 9.24. The zero-order valence-electron chi connectivity index (χ0n) is 20.8. The van der Waals surface area contributed by atoms with Crippen molar-refractivity contribution in [1.82, 2.24) is 0 Å². The molecule has 0 heterocycles. The molecule has 0 radical (unpaired) electrons. The maximum Gasteiger partial charge on any atom is 0.306 e. The first kappa shape index (κ1) is 29.9. The van der Waals surface area contributed by atoms with Crippen LogP contribution in [0, 0.1) is 0 Å². The summed E-state index contributed by atoms with van der Waals surface area (Å²) >= 11 is 0. The van der Waals surface area contributed by atoms with Crippen LogP contribution in [-0.4, -0.2) is 23.1 Å². The van der Waals surface area contributed by atoms with Crippen LogP contribution < -0.4 is 0 Å². The van der Waals surface area contributed by atoms with E-state index >= 15 is 0 Å². The van der Waals surface area contributed by atoms with Gasteiger partial charge in [-0.25, -0.2) is 0 Å². The number of hydrogen-bond acceptors (Lipinski definition) is 3. The summed E-state index contributed by atoms with van der Waals surface area (Å²) in [4.78, 5) is 22.9. The largest absolute Gasteiger partial charge is 0.481 e. The van der Waals surface area contributed by atoms with Gasteiger partial charge in [-0.2, -0.15) is 0 Å². The lowest BCUT2D eigenvalue weighted by atomic mass is 10.0. The lowest BCUT2D eigenvalue weighted by Gasteiger charge is -2.18. The molecule has 0 aliphatic rings. The molecule has 184 valence electrons. The summed E-state index contributed by atoms with van der Waals surface area (Å²) in [6, 6.07) is 0. The number of rotatable bonds is 24. The van der Waals surface area contributed by atoms with Crippen LogP contribution in [-0.2, 0) is 14.3 Å². The fraction of sp³-hybridized carbons (Fsp3) is 0.926. The van der Waals surface area contributed by atoms with E-state index < -0.39 is 5.97 Å². The quantitative estimate of drug-likeness (QED) is 0.120. The highest BCUT2D eigenvalue weighted by molar-refractivity contribution is 5.69. The number of carbonyl (C=O) groups is 2. The van der Waals surface area contributed by atoms with E-state index in [1.807, 2.05) is 0 Å². The monoisotopic (exact) mass is 440 g/mol. The highest BCUT2D eigenvalue weighted by Crippen LogP contribution is 2.18. The summed E-state index contributed by atoms with van der Waals surface area (Å²) in [5.74, 6) is -0.734. The van der Waals surface area contributed by atoms with E-state index in [0.29, 0.717) is 6.42 Å². The van der Waals surface area contributed by atoms with Gasteiger partial charge in [-0.3, -0.25) is 9.59 Å². The Morgan fingerprint density at radius 1 is 0.581 bits per heavy atom. The molecule has 0 bridgehead atoms. The summed E-state index contributed by atoms with van der Waals surface area (Å²) in [6.07, 6.45) is 24.0. The van der Waals surface area contributed by atoms with Crippen molar-refractivity contribution in [2.24, 2.45) is 0 Å². The van der Waals surface area contributed by atoms with Gasteiger partial charge in [0.15, 0.2) is 0 Å². The molecule has 1 unspecified atom stereocenters. The predicted octanol–water partition coefficient (Wildman–Crippen LogP) is 8.60. The Hall–Kier alpha value is -1.06. The molecule has 4 heteroatoms. The third-order valence-electron chi connectivity index (χ3n) is 6.08. The Morgan fingerprint density at radius 2 is 0.968 bits per heavy atom. The SMILES string of the molecule is CCCCCCCCCCCC(=O)OC(CCCCCCC)CCCCCCC(=O)O. The molecule has 0 aromatic carbocycles. The Balaban J connectivity index is 3.96. The fourth-order valence-electron chi connectivity index (χ4n) is 4.06. The number of unbranched alkanes of at least 4 members (excludes halogenated alkanes) is 15. The highest BCUT2D eigenvalue weighted by atomic mass is 16.5. The molecule has 0 aromatic rings. The molecule has 0 aliphatic carbocycles. The first-order valence-electron chi connectivity index (χ1n) is 13.5. The minimum atomic E-state index is -0.713. The second kappa shape index (κ2) is 23.6. The molecular formula is C27H52O4. The van der Waals surface area contributed by atoms with Gasteiger partial charge in [0.25, 0.3) is 0 Å². The maximum atomic E-state index is 12.3. The van der Waals surface area contributed by atoms with E-state index in [0.717, 1.165) is 57.8 Å². The minimum absolute atomic E-state index is 0.0209. The zero-order chi connectivity index (χ0) is 23.0. The molecule has 0 aliphatic heterocycles. The van der Waals surface area contributed by atoms with Crippen LogP contribution >= 0.6 is 0 Å². The van der Waals surface area contributed by atoms with Gasteiger partial charge in [0.1, 0.15) is 6.10 Å². The standard InChI is InChI=1S/C27H52O4/c1-3-5-7-9-10-11-12-14-20-24-27(30)31-25(21-17-13-8-6-4-2)22-18-15-16-19-23-26(28)29/h25H,3-24H2,1-2H3,(H,28,29). The van der Waals surface area contributed by atoms with Crippen molar-refractivity contribution in [3.8, 4) is 0 Å². The van der Waals surface area contributed by atoms with Crippen molar-refractivity contribution >= 4 is 11.9 Å². The van der Waals surface area contributed by atoms with Crippen LogP contribution in [0.25, 0.3) is 0 Å². The normalized spacial score (nSPS) is 12.1. The van der Waals surface area contributed by atoms with Crippen molar-refractivity contribution < 1.29 is 19.4 Å². The minimum Gasteiger partial charge on any atom is -0.481 e. The number of carbonyl (C=O) groups excluding carboxylic acids is 1. The van der Waals surface area contributed by atoms with Crippen LogP contribution in [0.1, 0.15) is 155 Å². The lowest BCUT2D eigenvalue weighted by molar-refractivity contribution is -0.150. The third-order valence-corrected chi connectivity index (χ3v) is 6.08. The molecule has 4 nitrogen and oxygen atoms in total. The van der Waals surface area contributed by atoms with Gasteiger partial charge in [0.05, 0.1) is 0 Å². The summed E-state index contributed by atoms with van der Waals surface area (Å²) in [5.41, 5.74) is 0. The Labute approximate surface area is 192 Å². The van der Waals surface area contributed by atoms with Crippen molar-refractivity contribution in [1.29, 1.82) is 0 Å². The third kappa shape index (κ3) is 23.4. The molecular weight excluding hydrogens is 388 g/mol. The molecule has 0 saturated heterocycles. The van der Waals surface area contributed by atoms with Crippen LogP contribution in [0.3, 0.4) is 0 Å². The highest BCUT2D eigenvalue weighted by Gasteiger charge is 2.14. The van der Waals surface area contributed by atoms with Crippen molar-refractivity contribution in [3.63, 3.8) is 0 Å². The molecule has 0 fully saturated rings. The lowest BCUT2D eigenvalue weighted by Crippen LogP contribution is -2.18. The zero-order valence-corrected chi connectivity index (χ0v) is 20.8. The topological polar surface area (TPSA) is 63.6 Å². The van der Waals surface area contributed by atoms with Gasteiger partial charge < -0.3 is 9.84 Å². The Morgan fingerprint density at radius 3 is 1.42 bits per heavy atom. The van der Waals surface area contributed by atoms with E-state index in [1.54, 1.807) is 0 Å². The summed E-state index contributed by atoms with van der Waals surface area (Å²) in [6.45, 7) is 4.47. The first-order chi connectivity index (χ1) is 15.1. The van der Waals surface area contributed by atoms with Gasteiger partial charge in [-0.05, 0) is 38.5 Å². The predicted molar refractivity (Wildman–Crippen MR) is 130 cm³/mol. The Kier molecular flexibility index (Phi) is 22.8. The average Bonchev–Trinajstić information content (AvgIpc) is 2.74. The summed E-state index contributed by atoms with van der Waals surface area (Å²) in [5, 5.41) is 8.72. The molecule has 0 amide bonds. The second-order valence-electron chi connectivity index (χ2n) is 9.24. The fourth-order valence-corrected chi connectivity index (χ4v) is 4.06. The van der Waals surface area contributed by atoms with E-state index in [9.17, 15) is 9.59 Å². The number of hydrogen-bond donors (Lipinski definition) is 1. The van der Waals surface area contributed by atoms with Crippen molar-refractivity contribution in [2.75, 3.05) is 0 Å². The first-order valence-corrected chi connectivity index (χ1v) is 13.5. The molecule has 0 saturated carbocycles. The van der Waals surface area contributed by atoms with Gasteiger partial charge >= 0.3 is 11.9 Å². The van der Waals surface area contributed by atoms with Gasteiger partial charge in [-0.15, -0.1) is 0 Å². The smallest absolute Gasteiger partial charge is 0.306 e. The van der Waals surface area contributed by atoms with Gasteiger partial charge in [-0.1, -0.05) is 104 Å². The van der Waals surface area contributed by atoms with Gasteiger partial charge in [0.2, 0.25) is 0 Å². The van der Waals surface area contributed by atoms with E-state index in [2.05, 4.69) is 13.8 Å². The van der Waals surface area contributed by atoms with Crippen LogP contribution in [0.4, 0.5) is 0 Å². The van der Waals surface area contributed by atoms with Crippen molar-refractivity contribution in [2.45, 2.75) is 161 Å². The van der Waals surface area contributed by atoms with Crippen LogP contribution in [0.2, 0.25) is 0 Å². The molecule has 0 spiro atoms. The Bertz CT molecular complexity index is 408. The van der Waals surface area contributed by atoms with E-state index in [-0.39, 0.29) is 18.5 Å². The summed E-state index contributed by atoms with van der Waals surface area (Å²) in [7, 11) is 0. The summed E-state index contributed by atoms with van der Waals surface area (Å²) < 4.78 is 5.84. The number of carboxylic acid groups (broad SMARTS) is 1. The maximum absolute atomic E-state index is 12.3. The number of ether oxygens (including phenoxy) is 1. The van der Waals surface area contributed by atoms with E-state index in [1.165, 1.54) is 70.6 Å². The van der Waals surface area contributed by atoms with Crippen LogP contribution in [0.5, 0.6) is 0 Å². The average molecular weight is 441 g/mol. The molecule has 1 N–H and O–H groups in total. The molecule has 31 heavy (non-hydrogen) atoms. The van der Waals surface area contributed by atoms with Gasteiger partial charge in [0, 0.05) is 12.8 Å². The van der Waals surface area contributed by atoms with E-state index in [4.69, 9.17) is 9.84 Å². The molecule has 1 atom stereocenters. The van der Waals surface area contributed by atoms with Crippen molar-refractivity contribution in [3.05, 3.63) is 0 Å². The number of carboxylic acids is 1. The van der Waals surface area contributed by atoms with Crippen LogP contribution in [0.15, 0.2) is 0 Å². The number of esters is 1. The number of aliphatic carboxylic acids is 1.